The highest BCUT2D eigenvalue weighted by atomic mass is 35.5. The van der Waals surface area contributed by atoms with E-state index in [9.17, 15) is 16.8 Å². The van der Waals surface area contributed by atoms with Crippen LogP contribution >= 0.6 is 23.7 Å². The van der Waals surface area contributed by atoms with Crippen molar-refractivity contribution in [1.82, 2.24) is 9.44 Å². The second-order valence-electron chi connectivity index (χ2n) is 5.57. The van der Waals surface area contributed by atoms with Crippen molar-refractivity contribution < 1.29 is 16.8 Å². The molecule has 0 saturated heterocycles. The Morgan fingerprint density at radius 3 is 2.20 bits per heavy atom. The fraction of sp³-hybridized carbons (Fsp3) is 0.714. The molecular weight excluding hydrogens is 406 g/mol. The van der Waals surface area contributed by atoms with Gasteiger partial charge < -0.3 is 5.73 Å². The normalized spacial score (nSPS) is 12.8. The molecule has 0 atom stereocenters. The SMILES string of the molecule is CCC(CC)(CN)NS(=O)(=O)c1ccc(CCNS(=O)(=O)CC)s1.Cl. The Hall–Kier alpha value is -0.230. The fourth-order valence-electron chi connectivity index (χ4n) is 2.13. The third kappa shape index (κ3) is 7.12. The number of hydrogen-bond donors (Lipinski definition) is 3. The molecule has 1 aromatic heterocycles. The third-order valence-corrected chi connectivity index (χ3v) is 8.69. The third-order valence-electron chi connectivity index (χ3n) is 4.07. The van der Waals surface area contributed by atoms with Crippen LogP contribution in [0.5, 0.6) is 0 Å². The average Bonchev–Trinajstić information content (AvgIpc) is 3.02. The number of rotatable bonds is 11. The van der Waals surface area contributed by atoms with Crippen molar-refractivity contribution in [3.63, 3.8) is 0 Å². The second kappa shape index (κ2) is 10.2. The predicted octanol–water partition coefficient (Wildman–Crippen LogP) is 1.45. The quantitative estimate of drug-likeness (QED) is 0.488. The molecule has 0 bridgehead atoms. The summed E-state index contributed by atoms with van der Waals surface area (Å²) in [4.78, 5) is 0.806. The van der Waals surface area contributed by atoms with Gasteiger partial charge in [-0.3, -0.25) is 0 Å². The topological polar surface area (TPSA) is 118 Å². The van der Waals surface area contributed by atoms with Gasteiger partial charge >= 0.3 is 0 Å². The van der Waals surface area contributed by atoms with Crippen LogP contribution in [0.2, 0.25) is 0 Å². The zero-order chi connectivity index (χ0) is 18.4. The largest absolute Gasteiger partial charge is 0.329 e. The number of nitrogens with two attached hydrogens (primary N) is 1. The van der Waals surface area contributed by atoms with Gasteiger partial charge in [0.05, 0.1) is 5.75 Å². The van der Waals surface area contributed by atoms with E-state index in [0.29, 0.717) is 19.3 Å². The summed E-state index contributed by atoms with van der Waals surface area (Å²) in [5.41, 5.74) is 5.11. The minimum absolute atomic E-state index is 0. The maximum absolute atomic E-state index is 12.5. The molecule has 0 amide bonds. The molecule has 0 fully saturated rings. The van der Waals surface area contributed by atoms with Crippen molar-refractivity contribution >= 4 is 43.8 Å². The van der Waals surface area contributed by atoms with Crippen LogP contribution in [0.25, 0.3) is 0 Å². The molecule has 0 radical (unpaired) electrons. The Balaban J connectivity index is 0.00000576. The Morgan fingerprint density at radius 2 is 1.72 bits per heavy atom. The molecule has 0 aliphatic carbocycles. The molecule has 1 rings (SSSR count). The van der Waals surface area contributed by atoms with Crippen LogP contribution in [0.4, 0.5) is 0 Å². The van der Waals surface area contributed by atoms with Gasteiger partial charge in [-0.2, -0.15) is 0 Å². The lowest BCUT2D eigenvalue weighted by molar-refractivity contribution is 0.363. The summed E-state index contributed by atoms with van der Waals surface area (Å²) in [6.45, 7) is 5.85. The second-order valence-corrected chi connectivity index (χ2v) is 10.7. The average molecular weight is 434 g/mol. The van der Waals surface area contributed by atoms with Crippen LogP contribution in [0, 0.1) is 0 Å². The maximum Gasteiger partial charge on any atom is 0.250 e. The van der Waals surface area contributed by atoms with Crippen molar-refractivity contribution in [1.29, 1.82) is 0 Å². The molecule has 7 nitrogen and oxygen atoms in total. The zero-order valence-corrected chi connectivity index (χ0v) is 18.0. The molecule has 4 N–H and O–H groups in total. The van der Waals surface area contributed by atoms with Gasteiger partial charge in [0.15, 0.2) is 0 Å². The summed E-state index contributed by atoms with van der Waals surface area (Å²) in [5.74, 6) is 0.0240. The molecule has 0 spiro atoms. The van der Waals surface area contributed by atoms with Gasteiger partial charge in [0.1, 0.15) is 4.21 Å². The lowest BCUT2D eigenvalue weighted by atomic mass is 9.95. The Bertz CT molecular complexity index is 720. The van der Waals surface area contributed by atoms with E-state index in [0.717, 1.165) is 16.2 Å². The van der Waals surface area contributed by atoms with Crippen LogP contribution in [0.3, 0.4) is 0 Å². The van der Waals surface area contributed by atoms with Gasteiger partial charge in [-0.15, -0.1) is 23.7 Å². The lowest BCUT2D eigenvalue weighted by Crippen LogP contribution is -2.52. The summed E-state index contributed by atoms with van der Waals surface area (Å²) >= 11 is 1.14. The van der Waals surface area contributed by atoms with Crippen molar-refractivity contribution in [3.05, 3.63) is 17.0 Å². The summed E-state index contributed by atoms with van der Waals surface area (Å²) in [7, 11) is -6.88. The standard InChI is InChI=1S/C14H27N3O4S3.ClH/c1-4-14(5-2,11-15)17-24(20,21)13-8-7-12(22-13)9-10-16-23(18,19)6-3;/h7-8,16-17H,4-6,9-11,15H2,1-3H3;1H. The van der Waals surface area contributed by atoms with Crippen LogP contribution in [-0.4, -0.2) is 41.2 Å². The van der Waals surface area contributed by atoms with Gasteiger partial charge in [0.25, 0.3) is 10.0 Å². The highest BCUT2D eigenvalue weighted by molar-refractivity contribution is 7.91. The van der Waals surface area contributed by atoms with E-state index < -0.39 is 25.6 Å². The van der Waals surface area contributed by atoms with E-state index >= 15 is 0 Å². The summed E-state index contributed by atoms with van der Waals surface area (Å²) in [5, 5.41) is 0. The first-order valence-electron chi connectivity index (χ1n) is 7.93. The van der Waals surface area contributed by atoms with Crippen LogP contribution in [0.15, 0.2) is 16.3 Å². The molecule has 11 heteroatoms. The molecule has 0 saturated carbocycles. The molecule has 148 valence electrons. The Labute approximate surface area is 161 Å². The number of hydrogen-bond acceptors (Lipinski definition) is 6. The maximum atomic E-state index is 12.5. The number of sulfonamides is 2. The van der Waals surface area contributed by atoms with E-state index in [1.165, 1.54) is 0 Å². The molecule has 0 aliphatic rings. The Morgan fingerprint density at radius 1 is 1.12 bits per heavy atom. The van der Waals surface area contributed by atoms with Gasteiger partial charge in [-0.1, -0.05) is 13.8 Å². The molecule has 0 aliphatic heterocycles. The van der Waals surface area contributed by atoms with Gasteiger partial charge in [0, 0.05) is 23.5 Å². The zero-order valence-electron chi connectivity index (χ0n) is 14.7. The monoisotopic (exact) mass is 433 g/mol. The molecule has 1 heterocycles. The van der Waals surface area contributed by atoms with E-state index in [1.807, 2.05) is 13.8 Å². The van der Waals surface area contributed by atoms with Crippen molar-refractivity contribution in [2.45, 2.75) is 49.8 Å². The first kappa shape index (κ1) is 24.8. The number of thiophene rings is 1. The van der Waals surface area contributed by atoms with E-state index in [1.54, 1.807) is 19.1 Å². The summed E-state index contributed by atoms with van der Waals surface area (Å²) in [6.07, 6.45) is 1.66. The van der Waals surface area contributed by atoms with Crippen molar-refractivity contribution in [3.8, 4) is 0 Å². The first-order chi connectivity index (χ1) is 11.1. The van der Waals surface area contributed by atoms with E-state index in [2.05, 4.69) is 9.44 Å². The minimum atomic E-state index is -3.64. The summed E-state index contributed by atoms with van der Waals surface area (Å²) in [6, 6.07) is 3.25. The van der Waals surface area contributed by atoms with E-state index in [-0.39, 0.29) is 35.5 Å². The van der Waals surface area contributed by atoms with Gasteiger partial charge in [-0.05, 0) is 38.3 Å². The minimum Gasteiger partial charge on any atom is -0.329 e. The smallest absolute Gasteiger partial charge is 0.250 e. The molecule has 1 aromatic rings. The lowest BCUT2D eigenvalue weighted by Gasteiger charge is -2.30. The van der Waals surface area contributed by atoms with Gasteiger partial charge in [0.2, 0.25) is 10.0 Å². The highest BCUT2D eigenvalue weighted by Gasteiger charge is 2.31. The van der Waals surface area contributed by atoms with Crippen LogP contribution < -0.4 is 15.2 Å². The highest BCUT2D eigenvalue weighted by Crippen LogP contribution is 2.25. The molecular formula is C14H28ClN3O4S3. The molecule has 25 heavy (non-hydrogen) atoms. The van der Waals surface area contributed by atoms with Crippen LogP contribution in [-0.2, 0) is 26.5 Å². The summed E-state index contributed by atoms with van der Waals surface area (Å²) < 4.78 is 53.3. The van der Waals surface area contributed by atoms with Crippen molar-refractivity contribution in [2.24, 2.45) is 5.73 Å². The fourth-order valence-corrected chi connectivity index (χ4v) is 5.66. The van der Waals surface area contributed by atoms with Crippen LogP contribution in [0.1, 0.15) is 38.5 Å². The predicted molar refractivity (Wildman–Crippen MR) is 105 cm³/mol. The number of nitrogens with one attached hydrogen (secondary N) is 2. The van der Waals surface area contributed by atoms with Crippen molar-refractivity contribution in [2.75, 3.05) is 18.8 Å². The van der Waals surface area contributed by atoms with Gasteiger partial charge in [-0.25, -0.2) is 26.3 Å². The van der Waals surface area contributed by atoms with E-state index in [4.69, 9.17) is 5.73 Å². The Kier molecular flexibility index (Phi) is 10.1. The number of halogens is 1. The first-order valence-corrected chi connectivity index (χ1v) is 11.9. The molecule has 0 unspecified atom stereocenters. The molecule has 0 aromatic carbocycles.